The summed E-state index contributed by atoms with van der Waals surface area (Å²) in [7, 11) is 0. The molecule has 9 heteroatoms. The van der Waals surface area contributed by atoms with Gasteiger partial charge in [0.05, 0.1) is 24.0 Å². The van der Waals surface area contributed by atoms with E-state index in [1.807, 2.05) is 21.9 Å². The largest absolute Gasteiger partial charge is 0.491 e. The first kappa shape index (κ1) is 24.3. The Morgan fingerprint density at radius 2 is 1.97 bits per heavy atom. The van der Waals surface area contributed by atoms with Gasteiger partial charge in [-0.1, -0.05) is 0 Å². The third-order valence-electron chi connectivity index (χ3n) is 7.76. The van der Waals surface area contributed by atoms with Gasteiger partial charge in [0.1, 0.15) is 18.2 Å². The number of rotatable bonds is 6. The molecule has 3 aliphatic rings. The minimum Gasteiger partial charge on any atom is -0.491 e. The highest BCUT2D eigenvalue weighted by atomic mass is 19.3. The Kier molecular flexibility index (Phi) is 6.36. The lowest BCUT2D eigenvalue weighted by Gasteiger charge is -2.25. The number of nitrogens with zero attached hydrogens (tertiary/aromatic N) is 3. The van der Waals surface area contributed by atoms with E-state index in [0.29, 0.717) is 48.8 Å². The summed E-state index contributed by atoms with van der Waals surface area (Å²) in [6.45, 7) is 2.53. The van der Waals surface area contributed by atoms with E-state index in [2.05, 4.69) is 0 Å². The van der Waals surface area contributed by atoms with E-state index in [1.165, 1.54) is 10.6 Å². The summed E-state index contributed by atoms with van der Waals surface area (Å²) < 4.78 is 55.3. The molecule has 1 aromatic heterocycles. The summed E-state index contributed by atoms with van der Waals surface area (Å²) in [4.78, 5) is 16.9. The maximum absolute atomic E-state index is 15.2. The second-order valence-electron chi connectivity index (χ2n) is 10.3. The molecule has 3 aliphatic heterocycles. The van der Waals surface area contributed by atoms with Crippen LogP contribution in [0.15, 0.2) is 53.5 Å². The number of hydrogen-bond acceptors (Lipinski definition) is 5. The van der Waals surface area contributed by atoms with E-state index in [0.717, 1.165) is 31.3 Å². The van der Waals surface area contributed by atoms with Crippen LogP contribution in [-0.4, -0.2) is 66.9 Å². The quantitative estimate of drug-likeness (QED) is 0.482. The van der Waals surface area contributed by atoms with Crippen molar-refractivity contribution in [2.75, 3.05) is 44.3 Å². The molecular weight excluding hydrogens is 483 g/mol. The summed E-state index contributed by atoms with van der Waals surface area (Å²) in [6, 6.07) is 11.9. The van der Waals surface area contributed by atoms with Crippen molar-refractivity contribution in [3.63, 3.8) is 0 Å². The maximum Gasteiger partial charge on any atom is 0.262 e. The molecule has 0 N–H and O–H groups in total. The molecule has 0 bridgehead atoms. The molecule has 6 nitrogen and oxygen atoms in total. The second-order valence-corrected chi connectivity index (χ2v) is 10.3. The Balaban J connectivity index is 1.17. The van der Waals surface area contributed by atoms with Gasteiger partial charge in [-0.05, 0) is 61.0 Å². The van der Waals surface area contributed by atoms with Crippen LogP contribution in [0.2, 0.25) is 0 Å². The topological polar surface area (TPSA) is 46.9 Å². The molecule has 3 fully saturated rings. The average Bonchev–Trinajstić information content (AvgIpc) is 3.64. The Bertz CT molecular complexity index is 1360. The van der Waals surface area contributed by atoms with Gasteiger partial charge in [-0.2, -0.15) is 0 Å². The molecule has 196 valence electrons. The number of hydrogen-bond donors (Lipinski definition) is 0. The zero-order valence-corrected chi connectivity index (χ0v) is 20.5. The molecule has 4 heterocycles. The number of halogens is 3. The third kappa shape index (κ3) is 4.94. The monoisotopic (exact) mass is 513 g/mol. The number of anilines is 1. The normalized spacial score (nSPS) is 23.8. The number of fused-ring (bicyclic) bond motifs is 1. The summed E-state index contributed by atoms with van der Waals surface area (Å²) in [5.74, 6) is -2.39. The number of pyridine rings is 1. The predicted octanol–water partition coefficient (Wildman–Crippen LogP) is 4.61. The number of alkyl halides is 2. The molecule has 6 rings (SSSR count). The standard InChI is InChI=1S/C28H30F3N3O3/c29-25-15-20(3-6-26(25)32-10-8-21(16-32)33-12-9-28(30,31)18-33)34-11-7-19-14-22(4-5-24(19)27(34)35)37-17-23-2-1-13-36-23/h3-7,11,14-15,21,23H,1-2,8-10,12-13,16-18H2/t21?,23-/m1/s1. The van der Waals surface area contributed by atoms with Gasteiger partial charge >= 0.3 is 0 Å². The van der Waals surface area contributed by atoms with Crippen LogP contribution in [0.4, 0.5) is 18.9 Å². The Hall–Kier alpha value is -3.04. The number of likely N-dealkylation sites (tertiary alicyclic amines) is 1. The summed E-state index contributed by atoms with van der Waals surface area (Å²) in [5, 5.41) is 1.26. The molecule has 0 amide bonds. The van der Waals surface area contributed by atoms with E-state index >= 15 is 4.39 Å². The van der Waals surface area contributed by atoms with Gasteiger partial charge in [0.15, 0.2) is 0 Å². The Labute approximate surface area is 213 Å². The van der Waals surface area contributed by atoms with Crippen LogP contribution in [0, 0.1) is 5.82 Å². The van der Waals surface area contributed by atoms with Gasteiger partial charge in [0.25, 0.3) is 11.5 Å². The minimum absolute atomic E-state index is 0.00452. The first-order valence-electron chi connectivity index (χ1n) is 12.9. The lowest BCUT2D eigenvalue weighted by atomic mass is 10.1. The molecule has 3 saturated heterocycles. The summed E-state index contributed by atoms with van der Waals surface area (Å²) >= 11 is 0. The molecule has 2 atom stereocenters. The summed E-state index contributed by atoms with van der Waals surface area (Å²) in [5.41, 5.74) is 0.618. The van der Waals surface area contributed by atoms with Crippen LogP contribution < -0.4 is 15.2 Å². The van der Waals surface area contributed by atoms with E-state index in [1.54, 1.807) is 30.5 Å². The van der Waals surface area contributed by atoms with Crippen LogP contribution in [0.1, 0.15) is 25.7 Å². The lowest BCUT2D eigenvalue weighted by Crippen LogP contribution is -2.37. The molecule has 0 aliphatic carbocycles. The van der Waals surface area contributed by atoms with E-state index in [-0.39, 0.29) is 30.7 Å². The lowest BCUT2D eigenvalue weighted by molar-refractivity contribution is 0.00858. The van der Waals surface area contributed by atoms with Crippen LogP contribution in [0.5, 0.6) is 5.75 Å². The smallest absolute Gasteiger partial charge is 0.262 e. The van der Waals surface area contributed by atoms with Crippen LogP contribution in [0.25, 0.3) is 16.5 Å². The van der Waals surface area contributed by atoms with Crippen molar-refractivity contribution in [1.29, 1.82) is 0 Å². The van der Waals surface area contributed by atoms with Crippen LogP contribution in [-0.2, 0) is 4.74 Å². The number of benzene rings is 2. The minimum atomic E-state index is -2.63. The van der Waals surface area contributed by atoms with Crippen molar-refractivity contribution >= 4 is 16.5 Å². The second kappa shape index (κ2) is 9.68. The fraction of sp³-hybridized carbons (Fsp3) is 0.464. The first-order chi connectivity index (χ1) is 17.9. The van der Waals surface area contributed by atoms with Crippen molar-refractivity contribution in [3.05, 3.63) is 64.8 Å². The van der Waals surface area contributed by atoms with Crippen molar-refractivity contribution in [2.24, 2.45) is 0 Å². The van der Waals surface area contributed by atoms with E-state index in [4.69, 9.17) is 9.47 Å². The fourth-order valence-electron chi connectivity index (χ4n) is 5.72. The van der Waals surface area contributed by atoms with Gasteiger partial charge in [-0.25, -0.2) is 13.2 Å². The summed E-state index contributed by atoms with van der Waals surface area (Å²) in [6.07, 6.45) is 4.40. The molecule has 0 spiro atoms. The van der Waals surface area contributed by atoms with Crippen molar-refractivity contribution < 1.29 is 22.6 Å². The zero-order valence-electron chi connectivity index (χ0n) is 20.5. The van der Waals surface area contributed by atoms with Gasteiger partial charge in [-0.15, -0.1) is 0 Å². The van der Waals surface area contributed by atoms with Crippen molar-refractivity contribution in [2.45, 2.75) is 43.8 Å². The van der Waals surface area contributed by atoms with Gasteiger partial charge in [0.2, 0.25) is 0 Å². The van der Waals surface area contributed by atoms with Gasteiger partial charge in [-0.3, -0.25) is 14.3 Å². The molecule has 3 aromatic rings. The molecular formula is C28H30F3N3O3. The SMILES string of the molecule is O=c1c2ccc(OC[C@H]3CCCO3)cc2ccn1-c1ccc(N2CCC(N3CCC(F)(F)C3)C2)c(F)c1. The van der Waals surface area contributed by atoms with Crippen LogP contribution >= 0.6 is 0 Å². The van der Waals surface area contributed by atoms with Crippen molar-refractivity contribution in [1.82, 2.24) is 9.47 Å². The van der Waals surface area contributed by atoms with Crippen LogP contribution in [0.3, 0.4) is 0 Å². The van der Waals surface area contributed by atoms with E-state index in [9.17, 15) is 13.6 Å². The van der Waals surface area contributed by atoms with Crippen molar-refractivity contribution in [3.8, 4) is 11.4 Å². The first-order valence-corrected chi connectivity index (χ1v) is 12.9. The fourth-order valence-corrected chi connectivity index (χ4v) is 5.72. The highest BCUT2D eigenvalue weighted by Crippen LogP contribution is 2.33. The highest BCUT2D eigenvalue weighted by molar-refractivity contribution is 5.83. The number of aromatic nitrogens is 1. The Morgan fingerprint density at radius 3 is 2.73 bits per heavy atom. The Morgan fingerprint density at radius 1 is 1.08 bits per heavy atom. The molecule has 1 unspecified atom stereocenters. The van der Waals surface area contributed by atoms with Gasteiger partial charge < -0.3 is 14.4 Å². The molecule has 0 saturated carbocycles. The molecule has 2 aromatic carbocycles. The van der Waals surface area contributed by atoms with Gasteiger partial charge in [0, 0.05) is 56.4 Å². The average molecular weight is 514 g/mol. The third-order valence-corrected chi connectivity index (χ3v) is 7.76. The predicted molar refractivity (Wildman–Crippen MR) is 136 cm³/mol. The number of ether oxygens (including phenoxy) is 2. The highest BCUT2D eigenvalue weighted by Gasteiger charge is 2.42. The maximum atomic E-state index is 15.2. The molecule has 0 radical (unpaired) electrons. The molecule has 37 heavy (non-hydrogen) atoms. The zero-order chi connectivity index (χ0) is 25.6. The van der Waals surface area contributed by atoms with E-state index < -0.39 is 11.7 Å².